The number of halogens is 2. The van der Waals surface area contributed by atoms with E-state index in [1.807, 2.05) is 32.0 Å². The molecule has 0 spiro atoms. The first-order valence-electron chi connectivity index (χ1n) is 5.98. The van der Waals surface area contributed by atoms with Crippen molar-refractivity contribution in [2.75, 3.05) is 0 Å². The average Bonchev–Trinajstić information content (AvgIpc) is 2.68. The third-order valence-electron chi connectivity index (χ3n) is 3.10. The van der Waals surface area contributed by atoms with Crippen LogP contribution in [0.4, 0.5) is 0 Å². The van der Waals surface area contributed by atoms with E-state index in [1.54, 1.807) is 6.07 Å². The molecule has 1 heterocycles. The minimum absolute atomic E-state index is 0.0453. The van der Waals surface area contributed by atoms with E-state index >= 15 is 0 Å². The molecule has 1 aromatic heterocycles. The molecule has 5 heteroatoms. The predicted octanol–water partition coefficient (Wildman–Crippen LogP) is 3.95. The molecule has 0 fully saturated rings. The van der Waals surface area contributed by atoms with Gasteiger partial charge in [0.05, 0.1) is 6.04 Å². The molecule has 19 heavy (non-hydrogen) atoms. The minimum Gasteiger partial charge on any atom is -0.466 e. The van der Waals surface area contributed by atoms with Crippen LogP contribution in [0, 0.1) is 13.8 Å². The molecule has 0 saturated heterocycles. The Balaban J connectivity index is 2.26. The van der Waals surface area contributed by atoms with E-state index in [0.717, 1.165) is 22.6 Å². The highest BCUT2D eigenvalue weighted by Gasteiger charge is 2.17. The van der Waals surface area contributed by atoms with Crippen molar-refractivity contribution >= 4 is 23.2 Å². The van der Waals surface area contributed by atoms with Gasteiger partial charge in [0.15, 0.2) is 0 Å². The largest absolute Gasteiger partial charge is 0.466 e. The van der Waals surface area contributed by atoms with Gasteiger partial charge >= 0.3 is 0 Å². The second kappa shape index (κ2) is 5.97. The Kier molecular flexibility index (Phi) is 4.53. The highest BCUT2D eigenvalue weighted by molar-refractivity contribution is 6.35. The van der Waals surface area contributed by atoms with Crippen molar-refractivity contribution in [3.8, 4) is 0 Å². The standard InChI is InChI=1S/C14H16Cl2N2O/c1-8-5-12(9(2)19-8)14(18-17)6-10-3-4-11(15)7-13(10)16/h3-5,7,14,18H,6,17H2,1-2H3. The van der Waals surface area contributed by atoms with Crippen LogP contribution in [0.3, 0.4) is 0 Å². The zero-order valence-corrected chi connectivity index (χ0v) is 12.3. The lowest BCUT2D eigenvalue weighted by molar-refractivity contribution is 0.484. The third-order valence-corrected chi connectivity index (χ3v) is 3.68. The summed E-state index contributed by atoms with van der Waals surface area (Å²) in [4.78, 5) is 0. The molecule has 0 aliphatic heterocycles. The molecule has 102 valence electrons. The zero-order valence-electron chi connectivity index (χ0n) is 10.8. The van der Waals surface area contributed by atoms with Gasteiger partial charge < -0.3 is 4.42 Å². The summed E-state index contributed by atoms with van der Waals surface area (Å²) >= 11 is 12.1. The molecule has 0 aliphatic rings. The molecule has 2 aromatic rings. The average molecular weight is 299 g/mol. The topological polar surface area (TPSA) is 51.2 Å². The highest BCUT2D eigenvalue weighted by atomic mass is 35.5. The number of furan rings is 1. The lowest BCUT2D eigenvalue weighted by Gasteiger charge is -2.16. The Hall–Kier alpha value is -1.00. The third kappa shape index (κ3) is 3.31. The number of aryl methyl sites for hydroxylation is 2. The van der Waals surface area contributed by atoms with Gasteiger partial charge in [-0.05, 0) is 44.0 Å². The molecule has 0 aliphatic carbocycles. The summed E-state index contributed by atoms with van der Waals surface area (Å²) < 4.78 is 5.53. The van der Waals surface area contributed by atoms with Gasteiger partial charge in [-0.25, -0.2) is 0 Å². The van der Waals surface area contributed by atoms with Crippen LogP contribution in [0.5, 0.6) is 0 Å². The number of nitrogens with two attached hydrogens (primary N) is 1. The second-order valence-electron chi connectivity index (χ2n) is 4.53. The maximum absolute atomic E-state index is 6.19. The summed E-state index contributed by atoms with van der Waals surface area (Å²) in [5.74, 6) is 7.39. The van der Waals surface area contributed by atoms with Crippen LogP contribution in [0.25, 0.3) is 0 Å². The molecule has 2 rings (SSSR count). The Morgan fingerprint density at radius 1 is 1.26 bits per heavy atom. The Bertz CT molecular complexity index is 581. The van der Waals surface area contributed by atoms with Gasteiger partial charge in [0.1, 0.15) is 11.5 Å². The summed E-state index contributed by atoms with van der Waals surface area (Å²) in [5.41, 5.74) is 4.85. The highest BCUT2D eigenvalue weighted by Crippen LogP contribution is 2.28. The van der Waals surface area contributed by atoms with Crippen molar-refractivity contribution in [3.05, 3.63) is 57.0 Å². The van der Waals surface area contributed by atoms with Gasteiger partial charge in [0.2, 0.25) is 0 Å². The number of hydrogen-bond acceptors (Lipinski definition) is 3. The fourth-order valence-electron chi connectivity index (χ4n) is 2.16. The van der Waals surface area contributed by atoms with E-state index in [-0.39, 0.29) is 6.04 Å². The lowest BCUT2D eigenvalue weighted by atomic mass is 9.99. The molecule has 1 unspecified atom stereocenters. The molecule has 0 saturated carbocycles. The van der Waals surface area contributed by atoms with Crippen LogP contribution in [-0.2, 0) is 6.42 Å². The van der Waals surface area contributed by atoms with E-state index in [1.165, 1.54) is 0 Å². The van der Waals surface area contributed by atoms with Gasteiger partial charge in [0.25, 0.3) is 0 Å². The summed E-state index contributed by atoms with van der Waals surface area (Å²) in [7, 11) is 0. The summed E-state index contributed by atoms with van der Waals surface area (Å²) in [5, 5.41) is 1.27. The number of nitrogens with one attached hydrogen (secondary N) is 1. The van der Waals surface area contributed by atoms with Gasteiger partial charge in [-0.1, -0.05) is 29.3 Å². The first-order valence-corrected chi connectivity index (χ1v) is 6.74. The van der Waals surface area contributed by atoms with Gasteiger partial charge in [-0.15, -0.1) is 0 Å². The quantitative estimate of drug-likeness (QED) is 0.664. The first kappa shape index (κ1) is 14.4. The lowest BCUT2D eigenvalue weighted by Crippen LogP contribution is -2.29. The normalized spacial score (nSPS) is 12.7. The van der Waals surface area contributed by atoms with Crippen LogP contribution in [0.1, 0.15) is 28.7 Å². The summed E-state index contributed by atoms with van der Waals surface area (Å²) in [6.45, 7) is 3.84. The second-order valence-corrected chi connectivity index (χ2v) is 5.37. The molecule has 3 N–H and O–H groups in total. The fourth-order valence-corrected chi connectivity index (χ4v) is 2.65. The van der Waals surface area contributed by atoms with Crippen molar-refractivity contribution in [3.63, 3.8) is 0 Å². The summed E-state index contributed by atoms with van der Waals surface area (Å²) in [6, 6.07) is 7.42. The van der Waals surface area contributed by atoms with Crippen molar-refractivity contribution in [2.45, 2.75) is 26.3 Å². The Morgan fingerprint density at radius 3 is 2.53 bits per heavy atom. The number of benzene rings is 1. The zero-order chi connectivity index (χ0) is 14.0. The minimum atomic E-state index is -0.0453. The van der Waals surface area contributed by atoms with Gasteiger partial charge in [0, 0.05) is 15.6 Å². The van der Waals surface area contributed by atoms with Gasteiger partial charge in [-0.2, -0.15) is 0 Å². The number of hydrogen-bond donors (Lipinski definition) is 2. The van der Waals surface area contributed by atoms with Crippen LogP contribution >= 0.6 is 23.2 Å². The fraction of sp³-hybridized carbons (Fsp3) is 0.286. The molecule has 0 amide bonds. The molecule has 1 atom stereocenters. The van der Waals surface area contributed by atoms with E-state index in [4.69, 9.17) is 33.5 Å². The molecular weight excluding hydrogens is 283 g/mol. The maximum Gasteiger partial charge on any atom is 0.105 e. The van der Waals surface area contributed by atoms with Crippen LogP contribution in [0.2, 0.25) is 10.0 Å². The molecule has 1 aromatic carbocycles. The maximum atomic E-state index is 6.19. The van der Waals surface area contributed by atoms with E-state index in [0.29, 0.717) is 16.5 Å². The van der Waals surface area contributed by atoms with Crippen molar-refractivity contribution in [1.82, 2.24) is 5.43 Å². The molecule has 0 radical (unpaired) electrons. The van der Waals surface area contributed by atoms with Crippen molar-refractivity contribution in [1.29, 1.82) is 0 Å². The van der Waals surface area contributed by atoms with Crippen LogP contribution < -0.4 is 11.3 Å². The van der Waals surface area contributed by atoms with Crippen molar-refractivity contribution < 1.29 is 4.42 Å². The first-order chi connectivity index (χ1) is 9.01. The Labute approximate surface area is 122 Å². The Morgan fingerprint density at radius 2 is 2.00 bits per heavy atom. The van der Waals surface area contributed by atoms with Crippen molar-refractivity contribution in [2.24, 2.45) is 5.84 Å². The number of rotatable bonds is 4. The van der Waals surface area contributed by atoms with Gasteiger partial charge in [-0.3, -0.25) is 11.3 Å². The number of hydrazine groups is 1. The van der Waals surface area contributed by atoms with Crippen LogP contribution in [0.15, 0.2) is 28.7 Å². The van der Waals surface area contributed by atoms with E-state index in [9.17, 15) is 0 Å². The monoisotopic (exact) mass is 298 g/mol. The smallest absolute Gasteiger partial charge is 0.105 e. The van der Waals surface area contributed by atoms with E-state index in [2.05, 4.69) is 5.43 Å². The van der Waals surface area contributed by atoms with Crippen LogP contribution in [-0.4, -0.2) is 0 Å². The van der Waals surface area contributed by atoms with E-state index < -0.39 is 0 Å². The molecule has 0 bridgehead atoms. The predicted molar refractivity (Wildman–Crippen MR) is 78.4 cm³/mol. The molecular formula is C14H16Cl2N2O. The molecule has 3 nitrogen and oxygen atoms in total. The summed E-state index contributed by atoms with van der Waals surface area (Å²) in [6.07, 6.45) is 0.673. The SMILES string of the molecule is Cc1cc(C(Cc2ccc(Cl)cc2Cl)NN)c(C)o1.